The van der Waals surface area contributed by atoms with Crippen molar-refractivity contribution >= 4 is 11.8 Å². The molecule has 0 aromatic heterocycles. The number of rotatable bonds is 4. The minimum atomic E-state index is -0.516. The molecule has 6 heteroatoms. The molecule has 0 aromatic rings. The molecule has 1 aliphatic rings. The van der Waals surface area contributed by atoms with E-state index in [0.29, 0.717) is 25.8 Å². The van der Waals surface area contributed by atoms with Crippen LogP contribution in [0.5, 0.6) is 0 Å². The SMILES string of the molecule is CC(=O)N[C@H]1CCN(CCC(N)=O)CC[C@@H]1O. The molecule has 17 heavy (non-hydrogen) atoms. The quantitative estimate of drug-likeness (QED) is 0.579. The predicted octanol–water partition coefficient (Wildman–Crippen LogP) is -1.18. The maximum atomic E-state index is 11.0. The van der Waals surface area contributed by atoms with Gasteiger partial charge in [0.2, 0.25) is 11.8 Å². The van der Waals surface area contributed by atoms with E-state index in [-0.39, 0.29) is 17.9 Å². The Morgan fingerprint density at radius 1 is 1.41 bits per heavy atom. The lowest BCUT2D eigenvalue weighted by Crippen LogP contribution is -2.42. The third-order valence-electron chi connectivity index (χ3n) is 3.02. The van der Waals surface area contributed by atoms with Gasteiger partial charge in [0, 0.05) is 33.0 Å². The van der Waals surface area contributed by atoms with Crippen LogP contribution >= 0.6 is 0 Å². The molecule has 0 aromatic carbocycles. The van der Waals surface area contributed by atoms with Gasteiger partial charge in [0.15, 0.2) is 0 Å². The molecule has 1 aliphatic heterocycles. The Bertz CT molecular complexity index is 283. The van der Waals surface area contributed by atoms with Crippen LogP contribution in [-0.2, 0) is 9.59 Å². The molecule has 1 fully saturated rings. The summed E-state index contributed by atoms with van der Waals surface area (Å²) in [5.74, 6) is -0.437. The molecule has 2 amide bonds. The van der Waals surface area contributed by atoms with Crippen molar-refractivity contribution in [2.24, 2.45) is 5.73 Å². The first-order valence-corrected chi connectivity index (χ1v) is 5.95. The lowest BCUT2D eigenvalue weighted by Gasteiger charge is -2.20. The lowest BCUT2D eigenvalue weighted by molar-refractivity contribution is -0.120. The minimum Gasteiger partial charge on any atom is -0.391 e. The van der Waals surface area contributed by atoms with Gasteiger partial charge in [-0.1, -0.05) is 0 Å². The number of nitrogens with zero attached hydrogens (tertiary/aromatic N) is 1. The van der Waals surface area contributed by atoms with Crippen LogP contribution in [0.2, 0.25) is 0 Å². The van der Waals surface area contributed by atoms with Crippen molar-refractivity contribution in [2.45, 2.75) is 38.3 Å². The Morgan fingerprint density at radius 2 is 2.06 bits per heavy atom. The van der Waals surface area contributed by atoms with Gasteiger partial charge in [-0.2, -0.15) is 0 Å². The Hall–Kier alpha value is -1.14. The van der Waals surface area contributed by atoms with Crippen molar-refractivity contribution in [3.8, 4) is 0 Å². The van der Waals surface area contributed by atoms with E-state index in [4.69, 9.17) is 5.73 Å². The highest BCUT2D eigenvalue weighted by molar-refractivity contribution is 5.74. The van der Waals surface area contributed by atoms with Crippen molar-refractivity contribution in [3.63, 3.8) is 0 Å². The van der Waals surface area contributed by atoms with Gasteiger partial charge in [-0.05, 0) is 12.8 Å². The summed E-state index contributed by atoms with van der Waals surface area (Å²) in [6, 6.07) is -0.189. The normalized spacial score (nSPS) is 26.2. The molecule has 4 N–H and O–H groups in total. The molecule has 0 radical (unpaired) electrons. The van der Waals surface area contributed by atoms with Crippen molar-refractivity contribution in [1.29, 1.82) is 0 Å². The fraction of sp³-hybridized carbons (Fsp3) is 0.818. The highest BCUT2D eigenvalue weighted by atomic mass is 16.3. The van der Waals surface area contributed by atoms with E-state index in [2.05, 4.69) is 10.2 Å². The zero-order chi connectivity index (χ0) is 12.8. The first-order valence-electron chi connectivity index (χ1n) is 5.95. The van der Waals surface area contributed by atoms with Crippen LogP contribution in [0.3, 0.4) is 0 Å². The van der Waals surface area contributed by atoms with Crippen LogP contribution in [0.4, 0.5) is 0 Å². The molecule has 0 saturated carbocycles. The maximum Gasteiger partial charge on any atom is 0.218 e. The number of carbonyl (C=O) groups excluding carboxylic acids is 2. The van der Waals surface area contributed by atoms with Gasteiger partial charge in [-0.3, -0.25) is 9.59 Å². The fourth-order valence-electron chi connectivity index (χ4n) is 2.06. The first kappa shape index (κ1) is 13.9. The number of nitrogens with two attached hydrogens (primary N) is 1. The van der Waals surface area contributed by atoms with E-state index in [1.54, 1.807) is 0 Å². The highest BCUT2D eigenvalue weighted by Gasteiger charge is 2.25. The summed E-state index contributed by atoms with van der Waals surface area (Å²) in [6.07, 6.45) is 1.11. The summed E-state index contributed by atoms with van der Waals surface area (Å²) in [4.78, 5) is 23.8. The molecule has 98 valence electrons. The number of aliphatic hydroxyl groups is 1. The van der Waals surface area contributed by atoms with Crippen molar-refractivity contribution in [1.82, 2.24) is 10.2 Å². The molecule has 1 saturated heterocycles. The molecular formula is C11H21N3O3. The van der Waals surface area contributed by atoms with Gasteiger partial charge in [-0.15, -0.1) is 0 Å². The zero-order valence-electron chi connectivity index (χ0n) is 10.2. The van der Waals surface area contributed by atoms with Crippen LogP contribution in [0, 0.1) is 0 Å². The summed E-state index contributed by atoms with van der Waals surface area (Å²) in [5.41, 5.74) is 5.10. The highest BCUT2D eigenvalue weighted by Crippen LogP contribution is 2.12. The summed E-state index contributed by atoms with van der Waals surface area (Å²) in [5, 5.41) is 12.6. The van der Waals surface area contributed by atoms with E-state index in [1.165, 1.54) is 6.92 Å². The predicted molar refractivity (Wildman–Crippen MR) is 63.1 cm³/mol. The summed E-state index contributed by atoms with van der Waals surface area (Å²) in [6.45, 7) is 3.55. The molecule has 6 nitrogen and oxygen atoms in total. The standard InChI is InChI=1S/C11H21N3O3/c1-8(15)13-9-2-5-14(6-3-10(9)16)7-4-11(12)17/h9-10,16H,2-7H2,1H3,(H2,12,17)(H,13,15)/t9-,10-/m0/s1. The molecule has 2 atom stereocenters. The van der Waals surface area contributed by atoms with E-state index in [0.717, 1.165) is 13.1 Å². The van der Waals surface area contributed by atoms with Gasteiger partial charge in [0.05, 0.1) is 12.1 Å². The number of hydrogen-bond donors (Lipinski definition) is 3. The first-order chi connectivity index (χ1) is 7.99. The van der Waals surface area contributed by atoms with Crippen molar-refractivity contribution in [3.05, 3.63) is 0 Å². The number of nitrogens with one attached hydrogen (secondary N) is 1. The van der Waals surface area contributed by atoms with Crippen LogP contribution in [0.15, 0.2) is 0 Å². The second-order valence-corrected chi connectivity index (χ2v) is 4.51. The Labute approximate surface area is 101 Å². The maximum absolute atomic E-state index is 11.0. The number of aliphatic hydroxyl groups excluding tert-OH is 1. The lowest BCUT2D eigenvalue weighted by atomic mass is 10.1. The monoisotopic (exact) mass is 243 g/mol. The molecule has 1 rings (SSSR count). The van der Waals surface area contributed by atoms with Crippen LogP contribution in [0.25, 0.3) is 0 Å². The van der Waals surface area contributed by atoms with Gasteiger partial charge < -0.3 is 21.1 Å². The molecule has 1 heterocycles. The summed E-state index contributed by atoms with van der Waals surface area (Å²) >= 11 is 0. The third kappa shape index (κ3) is 5.14. The van der Waals surface area contributed by atoms with E-state index < -0.39 is 6.10 Å². The largest absolute Gasteiger partial charge is 0.391 e. The molecule has 0 bridgehead atoms. The summed E-state index contributed by atoms with van der Waals surface area (Å²) < 4.78 is 0. The van der Waals surface area contributed by atoms with Gasteiger partial charge in [0.1, 0.15) is 0 Å². The van der Waals surface area contributed by atoms with Crippen molar-refractivity contribution < 1.29 is 14.7 Å². The number of likely N-dealkylation sites (tertiary alicyclic amines) is 1. The summed E-state index contributed by atoms with van der Waals surface area (Å²) in [7, 11) is 0. The number of primary amides is 1. The van der Waals surface area contributed by atoms with Crippen LogP contribution in [-0.4, -0.2) is 53.6 Å². The second-order valence-electron chi connectivity index (χ2n) is 4.51. The van der Waals surface area contributed by atoms with Gasteiger partial charge in [0.25, 0.3) is 0 Å². The number of carbonyl (C=O) groups is 2. The average molecular weight is 243 g/mol. The Kier molecular flexibility index (Phi) is 5.37. The number of amides is 2. The van der Waals surface area contributed by atoms with Crippen LogP contribution in [0.1, 0.15) is 26.2 Å². The van der Waals surface area contributed by atoms with Crippen LogP contribution < -0.4 is 11.1 Å². The molecular weight excluding hydrogens is 222 g/mol. The van der Waals surface area contributed by atoms with Gasteiger partial charge >= 0.3 is 0 Å². The second kappa shape index (κ2) is 6.56. The topological polar surface area (TPSA) is 95.7 Å². The minimum absolute atomic E-state index is 0.125. The van der Waals surface area contributed by atoms with E-state index in [9.17, 15) is 14.7 Å². The number of hydrogen-bond acceptors (Lipinski definition) is 4. The molecule has 0 aliphatic carbocycles. The van der Waals surface area contributed by atoms with Crippen molar-refractivity contribution in [2.75, 3.05) is 19.6 Å². The Balaban J connectivity index is 2.41. The average Bonchev–Trinajstić information content (AvgIpc) is 2.39. The smallest absolute Gasteiger partial charge is 0.218 e. The Morgan fingerprint density at radius 3 is 2.65 bits per heavy atom. The van der Waals surface area contributed by atoms with E-state index >= 15 is 0 Å². The zero-order valence-corrected chi connectivity index (χ0v) is 10.2. The van der Waals surface area contributed by atoms with E-state index in [1.807, 2.05) is 0 Å². The molecule has 0 spiro atoms. The third-order valence-corrected chi connectivity index (χ3v) is 3.02. The molecule has 0 unspecified atom stereocenters. The fourth-order valence-corrected chi connectivity index (χ4v) is 2.06. The van der Waals surface area contributed by atoms with Gasteiger partial charge in [-0.25, -0.2) is 0 Å².